The van der Waals surface area contributed by atoms with Crippen molar-refractivity contribution in [2.75, 3.05) is 0 Å². The van der Waals surface area contributed by atoms with Gasteiger partial charge in [-0.1, -0.05) is 6.07 Å². The van der Waals surface area contributed by atoms with E-state index in [0.717, 1.165) is 12.3 Å². The molecular weight excluding hydrogens is 285 g/mol. The largest absolute Gasteiger partial charge is 0.281 e. The molecule has 0 saturated heterocycles. The van der Waals surface area contributed by atoms with E-state index in [1.165, 1.54) is 24.4 Å². The summed E-state index contributed by atoms with van der Waals surface area (Å²) in [6.45, 7) is 0. The van der Waals surface area contributed by atoms with E-state index in [1.54, 1.807) is 6.07 Å². The minimum absolute atomic E-state index is 0.250. The first-order valence-electron chi connectivity index (χ1n) is 5.54. The van der Waals surface area contributed by atoms with Gasteiger partial charge in [-0.05, 0) is 24.3 Å². The van der Waals surface area contributed by atoms with Gasteiger partial charge in [-0.2, -0.15) is 8.42 Å². The first-order chi connectivity index (χ1) is 9.47. The second kappa shape index (κ2) is 5.74. The Morgan fingerprint density at radius 2 is 2.00 bits per heavy atom. The highest BCUT2D eigenvalue weighted by Gasteiger charge is 2.18. The van der Waals surface area contributed by atoms with Crippen LogP contribution in [0.15, 0.2) is 47.8 Å². The summed E-state index contributed by atoms with van der Waals surface area (Å²) >= 11 is 0. The number of halogens is 1. The molecule has 2 aromatic rings. The maximum Gasteiger partial charge on any atom is 0.281 e. The molecule has 0 atom stereocenters. The maximum atomic E-state index is 12.6. The van der Waals surface area contributed by atoms with E-state index in [4.69, 9.17) is 0 Å². The van der Waals surface area contributed by atoms with Crippen molar-refractivity contribution in [2.24, 2.45) is 0 Å². The van der Waals surface area contributed by atoms with Crippen LogP contribution in [0.4, 0.5) is 4.39 Å². The third-order valence-electron chi connectivity index (χ3n) is 2.29. The van der Waals surface area contributed by atoms with E-state index in [1.807, 2.05) is 4.72 Å². The van der Waals surface area contributed by atoms with Crippen LogP contribution in [0.5, 0.6) is 0 Å². The van der Waals surface area contributed by atoms with Crippen molar-refractivity contribution >= 4 is 15.9 Å². The molecule has 0 bridgehead atoms. The molecule has 104 valence electrons. The van der Waals surface area contributed by atoms with E-state index < -0.39 is 21.7 Å². The number of sulfonamides is 1. The molecule has 0 fully saturated rings. The molecule has 0 aliphatic carbocycles. The molecule has 0 aliphatic heterocycles. The zero-order valence-corrected chi connectivity index (χ0v) is 11.0. The highest BCUT2D eigenvalue weighted by molar-refractivity contribution is 7.90. The number of hydrogen-bond donors (Lipinski definition) is 1. The van der Waals surface area contributed by atoms with Crippen molar-refractivity contribution in [3.05, 3.63) is 54.2 Å². The molecule has 6 nitrogen and oxygen atoms in total. The van der Waals surface area contributed by atoms with Crippen molar-refractivity contribution in [2.45, 2.75) is 11.4 Å². The lowest BCUT2D eigenvalue weighted by molar-refractivity contribution is -0.118. The lowest BCUT2D eigenvalue weighted by atomic mass is 10.2. The van der Waals surface area contributed by atoms with Crippen LogP contribution in [0.3, 0.4) is 0 Å². The number of nitrogens with zero attached hydrogens (tertiary/aromatic N) is 2. The van der Waals surface area contributed by atoms with Gasteiger partial charge in [0.1, 0.15) is 5.82 Å². The Morgan fingerprint density at radius 1 is 1.20 bits per heavy atom. The molecule has 0 unspecified atom stereocenters. The number of nitrogens with one attached hydrogen (secondary N) is 1. The van der Waals surface area contributed by atoms with E-state index >= 15 is 0 Å². The van der Waals surface area contributed by atoms with Crippen molar-refractivity contribution in [1.82, 2.24) is 14.7 Å². The smallest absolute Gasteiger partial charge is 0.274 e. The number of rotatable bonds is 4. The third kappa shape index (κ3) is 3.58. The summed E-state index contributed by atoms with van der Waals surface area (Å²) in [5, 5.41) is -0.250. The number of carbonyl (C=O) groups is 1. The van der Waals surface area contributed by atoms with Crippen LogP contribution >= 0.6 is 0 Å². The first-order valence-corrected chi connectivity index (χ1v) is 7.03. The standard InChI is InChI=1S/C12H10FN3O3S/c13-9-4-5-10(15-8-9)7-11(17)16-20(18,19)12-3-1-2-6-14-12/h1-6,8H,7H2,(H,16,17). The Hall–Kier alpha value is -2.35. The monoisotopic (exact) mass is 295 g/mol. The van der Waals surface area contributed by atoms with Gasteiger partial charge in [-0.15, -0.1) is 0 Å². The van der Waals surface area contributed by atoms with Crippen LogP contribution in [0, 0.1) is 5.82 Å². The Balaban J connectivity index is 2.06. The average molecular weight is 295 g/mol. The quantitative estimate of drug-likeness (QED) is 0.895. The minimum Gasteiger partial charge on any atom is -0.274 e. The van der Waals surface area contributed by atoms with E-state index in [9.17, 15) is 17.6 Å². The van der Waals surface area contributed by atoms with Crippen LogP contribution in [0.25, 0.3) is 0 Å². The number of hydrogen-bond acceptors (Lipinski definition) is 5. The minimum atomic E-state index is -4.00. The van der Waals surface area contributed by atoms with Gasteiger partial charge < -0.3 is 0 Å². The SMILES string of the molecule is O=C(Cc1ccc(F)cn1)NS(=O)(=O)c1ccccn1. The lowest BCUT2D eigenvalue weighted by Gasteiger charge is -2.05. The van der Waals surface area contributed by atoms with Gasteiger partial charge in [0.15, 0.2) is 5.03 Å². The van der Waals surface area contributed by atoms with Crippen LogP contribution in [0.2, 0.25) is 0 Å². The number of aromatic nitrogens is 2. The third-order valence-corrected chi connectivity index (χ3v) is 3.58. The topological polar surface area (TPSA) is 89.0 Å². The maximum absolute atomic E-state index is 12.6. The fraction of sp³-hybridized carbons (Fsp3) is 0.0833. The predicted molar refractivity (Wildman–Crippen MR) is 67.5 cm³/mol. The Bertz CT molecular complexity index is 702. The molecule has 0 saturated carbocycles. The van der Waals surface area contributed by atoms with Gasteiger partial charge in [0.05, 0.1) is 12.6 Å². The van der Waals surface area contributed by atoms with E-state index in [0.29, 0.717) is 0 Å². The predicted octanol–water partition coefficient (Wildman–Crippen LogP) is 0.663. The summed E-state index contributed by atoms with van der Waals surface area (Å²) in [5.74, 6) is -1.30. The van der Waals surface area contributed by atoms with Crippen LogP contribution in [0.1, 0.15) is 5.69 Å². The van der Waals surface area contributed by atoms with E-state index in [-0.39, 0.29) is 17.1 Å². The molecule has 2 aromatic heterocycles. The fourth-order valence-corrected chi connectivity index (χ4v) is 2.35. The van der Waals surface area contributed by atoms with Crippen LogP contribution in [-0.2, 0) is 21.2 Å². The molecule has 2 heterocycles. The summed E-state index contributed by atoms with van der Waals surface area (Å²) < 4.78 is 38.1. The molecule has 0 aliphatic rings. The van der Waals surface area contributed by atoms with Gasteiger partial charge in [-0.3, -0.25) is 9.78 Å². The average Bonchev–Trinajstić information content (AvgIpc) is 2.42. The molecule has 1 amide bonds. The van der Waals surface area contributed by atoms with Crippen LogP contribution in [-0.4, -0.2) is 24.3 Å². The summed E-state index contributed by atoms with van der Waals surface area (Å²) in [6, 6.07) is 6.77. The summed E-state index contributed by atoms with van der Waals surface area (Å²) in [5.41, 5.74) is 0.264. The second-order valence-corrected chi connectivity index (χ2v) is 5.47. The second-order valence-electron chi connectivity index (χ2n) is 3.84. The van der Waals surface area contributed by atoms with Crippen LogP contribution < -0.4 is 4.72 Å². The highest BCUT2D eigenvalue weighted by atomic mass is 32.2. The number of amides is 1. The number of carbonyl (C=O) groups excluding carboxylic acids is 1. The molecule has 0 aromatic carbocycles. The molecule has 0 spiro atoms. The highest BCUT2D eigenvalue weighted by Crippen LogP contribution is 2.04. The molecular formula is C12H10FN3O3S. The zero-order valence-electron chi connectivity index (χ0n) is 10.2. The number of pyridine rings is 2. The van der Waals surface area contributed by atoms with Gasteiger partial charge in [-0.25, -0.2) is 14.1 Å². The molecule has 8 heteroatoms. The van der Waals surface area contributed by atoms with Gasteiger partial charge in [0.2, 0.25) is 5.91 Å². The van der Waals surface area contributed by atoms with Crippen molar-refractivity contribution in [3.8, 4) is 0 Å². The lowest BCUT2D eigenvalue weighted by Crippen LogP contribution is -2.32. The van der Waals surface area contributed by atoms with Gasteiger partial charge in [0.25, 0.3) is 10.0 Å². The molecule has 1 N–H and O–H groups in total. The first kappa shape index (κ1) is 14.1. The molecule has 2 rings (SSSR count). The Labute approximate surface area is 114 Å². The van der Waals surface area contributed by atoms with Crippen molar-refractivity contribution in [3.63, 3.8) is 0 Å². The Kier molecular flexibility index (Phi) is 4.04. The van der Waals surface area contributed by atoms with Crippen molar-refractivity contribution in [1.29, 1.82) is 0 Å². The molecule has 20 heavy (non-hydrogen) atoms. The summed E-state index contributed by atoms with van der Waals surface area (Å²) in [6.07, 6.45) is 1.99. The fourth-order valence-electron chi connectivity index (χ4n) is 1.42. The van der Waals surface area contributed by atoms with E-state index in [2.05, 4.69) is 9.97 Å². The molecule has 0 radical (unpaired) electrons. The normalized spacial score (nSPS) is 11.1. The van der Waals surface area contributed by atoms with Gasteiger partial charge >= 0.3 is 0 Å². The zero-order chi connectivity index (χ0) is 14.6. The summed E-state index contributed by atoms with van der Waals surface area (Å²) in [4.78, 5) is 19.0. The Morgan fingerprint density at radius 3 is 2.60 bits per heavy atom. The van der Waals surface area contributed by atoms with Gasteiger partial charge in [0, 0.05) is 11.9 Å². The van der Waals surface area contributed by atoms with Crippen molar-refractivity contribution < 1.29 is 17.6 Å². The summed E-state index contributed by atoms with van der Waals surface area (Å²) in [7, 11) is -4.00.